The van der Waals surface area contributed by atoms with E-state index >= 15 is 0 Å². The Bertz CT molecular complexity index is 439. The third-order valence-electron chi connectivity index (χ3n) is 2.99. The minimum absolute atomic E-state index is 0.0107. The van der Waals surface area contributed by atoms with E-state index < -0.39 is 11.7 Å². The van der Waals surface area contributed by atoms with E-state index in [1.807, 2.05) is 0 Å². The first-order valence-electron chi connectivity index (χ1n) is 5.50. The molecule has 0 aromatic carbocycles. The van der Waals surface area contributed by atoms with Gasteiger partial charge in [-0.05, 0) is 12.5 Å². The Morgan fingerprint density at radius 1 is 1.50 bits per heavy atom. The molecule has 18 heavy (non-hydrogen) atoms. The molecule has 1 unspecified atom stereocenters. The maximum atomic E-state index is 12.4. The van der Waals surface area contributed by atoms with Gasteiger partial charge in [0.2, 0.25) is 0 Å². The van der Waals surface area contributed by atoms with Crippen LogP contribution in [0, 0.1) is 5.92 Å². The first-order valence-corrected chi connectivity index (χ1v) is 5.88. The smallest absolute Gasteiger partial charge is 0.396 e. The number of hydrogen-bond donors (Lipinski definition) is 1. The van der Waals surface area contributed by atoms with Crippen molar-refractivity contribution in [3.8, 4) is 0 Å². The van der Waals surface area contributed by atoms with Crippen LogP contribution in [0.4, 0.5) is 19.0 Å². The molecular weight excluding hydrogens is 269 g/mol. The maximum absolute atomic E-state index is 12.4. The Balaban J connectivity index is 2.21. The number of alkyl halides is 3. The summed E-state index contributed by atoms with van der Waals surface area (Å²) in [5, 5.41) is 9.01. The topological polar surface area (TPSA) is 36.4 Å². The van der Waals surface area contributed by atoms with Crippen LogP contribution >= 0.6 is 11.6 Å². The van der Waals surface area contributed by atoms with Gasteiger partial charge in [0.15, 0.2) is 0 Å². The Morgan fingerprint density at radius 2 is 2.22 bits per heavy atom. The van der Waals surface area contributed by atoms with Crippen LogP contribution in [0.3, 0.4) is 0 Å². The van der Waals surface area contributed by atoms with E-state index in [9.17, 15) is 13.2 Å². The molecule has 2 rings (SSSR count). The Labute approximate surface area is 107 Å². The minimum atomic E-state index is -4.44. The van der Waals surface area contributed by atoms with Gasteiger partial charge in [0.25, 0.3) is 0 Å². The summed E-state index contributed by atoms with van der Waals surface area (Å²) >= 11 is 5.84. The number of aromatic nitrogens is 1. The highest BCUT2D eigenvalue weighted by Crippen LogP contribution is 2.34. The summed E-state index contributed by atoms with van der Waals surface area (Å²) in [4.78, 5) is 5.58. The van der Waals surface area contributed by atoms with E-state index in [-0.39, 0.29) is 17.5 Å². The van der Waals surface area contributed by atoms with Crippen molar-refractivity contribution in [1.82, 2.24) is 4.98 Å². The molecule has 0 spiro atoms. The van der Waals surface area contributed by atoms with Gasteiger partial charge in [0.1, 0.15) is 5.82 Å². The fourth-order valence-corrected chi connectivity index (χ4v) is 2.28. The summed E-state index contributed by atoms with van der Waals surface area (Å²) < 4.78 is 37.3. The fourth-order valence-electron chi connectivity index (χ4n) is 1.99. The molecule has 1 atom stereocenters. The van der Waals surface area contributed by atoms with Gasteiger partial charge >= 0.3 is 6.18 Å². The van der Waals surface area contributed by atoms with Crippen LogP contribution < -0.4 is 4.90 Å². The van der Waals surface area contributed by atoms with Crippen LogP contribution in [-0.4, -0.2) is 29.8 Å². The van der Waals surface area contributed by atoms with Gasteiger partial charge in [-0.25, -0.2) is 4.98 Å². The molecular formula is C11H12ClF3N2O. The normalized spacial score (nSPS) is 20.5. The molecule has 1 saturated heterocycles. The van der Waals surface area contributed by atoms with Crippen molar-refractivity contribution >= 4 is 17.4 Å². The molecule has 7 heteroatoms. The molecule has 0 amide bonds. The first-order chi connectivity index (χ1) is 8.41. The number of nitrogens with zero attached hydrogens (tertiary/aromatic N) is 2. The second-order valence-corrected chi connectivity index (χ2v) is 4.72. The zero-order chi connectivity index (χ0) is 13.3. The number of aliphatic hydroxyl groups is 1. The van der Waals surface area contributed by atoms with Crippen molar-refractivity contribution in [1.29, 1.82) is 0 Å². The molecule has 1 aromatic heterocycles. The van der Waals surface area contributed by atoms with Crippen molar-refractivity contribution < 1.29 is 18.3 Å². The molecule has 1 N–H and O–H groups in total. The molecule has 1 aromatic rings. The van der Waals surface area contributed by atoms with Crippen molar-refractivity contribution in [3.05, 3.63) is 22.8 Å². The maximum Gasteiger partial charge on any atom is 0.417 e. The van der Waals surface area contributed by atoms with Crippen LogP contribution in [0.2, 0.25) is 5.02 Å². The van der Waals surface area contributed by atoms with Gasteiger partial charge in [-0.1, -0.05) is 11.6 Å². The highest BCUT2D eigenvalue weighted by atomic mass is 35.5. The quantitative estimate of drug-likeness (QED) is 0.904. The summed E-state index contributed by atoms with van der Waals surface area (Å²) in [7, 11) is 0. The van der Waals surface area contributed by atoms with Crippen LogP contribution in [-0.2, 0) is 6.18 Å². The molecule has 0 aliphatic carbocycles. The highest BCUT2D eigenvalue weighted by molar-refractivity contribution is 6.33. The molecule has 1 aliphatic rings. The lowest BCUT2D eigenvalue weighted by Crippen LogP contribution is -2.22. The number of pyridine rings is 1. The lowest BCUT2D eigenvalue weighted by Gasteiger charge is -2.19. The predicted molar refractivity (Wildman–Crippen MR) is 61.7 cm³/mol. The molecule has 1 fully saturated rings. The number of aliphatic hydroxyl groups excluding tert-OH is 1. The van der Waals surface area contributed by atoms with Crippen LogP contribution in [0.1, 0.15) is 12.0 Å². The predicted octanol–water partition coefficient (Wildman–Crippen LogP) is 2.57. The third-order valence-corrected chi connectivity index (χ3v) is 3.27. The number of rotatable bonds is 2. The summed E-state index contributed by atoms with van der Waals surface area (Å²) in [6.07, 6.45) is -2.86. The molecule has 100 valence electrons. The standard InChI is InChI=1S/C11H12ClF3N2O/c12-9-3-8(11(13,14)15)4-16-10(9)17-2-1-7(5-17)6-18/h3-4,7,18H,1-2,5-6H2. The van der Waals surface area contributed by atoms with Crippen LogP contribution in [0.5, 0.6) is 0 Å². The largest absolute Gasteiger partial charge is 0.417 e. The second kappa shape index (κ2) is 4.93. The van der Waals surface area contributed by atoms with Gasteiger partial charge in [-0.3, -0.25) is 0 Å². The molecule has 0 bridgehead atoms. The van der Waals surface area contributed by atoms with Crippen LogP contribution in [0.25, 0.3) is 0 Å². The Kier molecular flexibility index (Phi) is 3.68. The van der Waals surface area contributed by atoms with Crippen molar-refractivity contribution in [2.24, 2.45) is 5.92 Å². The Morgan fingerprint density at radius 3 is 2.72 bits per heavy atom. The van der Waals surface area contributed by atoms with Gasteiger partial charge in [0.05, 0.1) is 10.6 Å². The fraction of sp³-hybridized carbons (Fsp3) is 0.545. The molecule has 2 heterocycles. The average Bonchev–Trinajstić information content (AvgIpc) is 2.76. The van der Waals surface area contributed by atoms with E-state index in [2.05, 4.69) is 4.98 Å². The summed E-state index contributed by atoms with van der Waals surface area (Å²) in [6.45, 7) is 1.27. The zero-order valence-corrected chi connectivity index (χ0v) is 10.2. The molecule has 0 saturated carbocycles. The van der Waals surface area contributed by atoms with E-state index in [0.29, 0.717) is 18.9 Å². The average molecular weight is 281 g/mol. The van der Waals surface area contributed by atoms with Crippen LogP contribution in [0.15, 0.2) is 12.3 Å². The summed E-state index contributed by atoms with van der Waals surface area (Å²) in [5.41, 5.74) is -0.853. The third kappa shape index (κ3) is 2.70. The second-order valence-electron chi connectivity index (χ2n) is 4.31. The van der Waals surface area contributed by atoms with Gasteiger partial charge in [0, 0.05) is 31.8 Å². The number of hydrogen-bond acceptors (Lipinski definition) is 3. The lowest BCUT2D eigenvalue weighted by molar-refractivity contribution is -0.137. The molecule has 3 nitrogen and oxygen atoms in total. The van der Waals surface area contributed by atoms with E-state index in [4.69, 9.17) is 16.7 Å². The summed E-state index contributed by atoms with van der Waals surface area (Å²) in [5.74, 6) is 0.478. The van der Waals surface area contributed by atoms with Crippen molar-refractivity contribution in [3.63, 3.8) is 0 Å². The highest BCUT2D eigenvalue weighted by Gasteiger charge is 2.32. The molecule has 0 radical (unpaired) electrons. The monoisotopic (exact) mass is 280 g/mol. The van der Waals surface area contributed by atoms with E-state index in [1.54, 1.807) is 4.90 Å². The molecule has 1 aliphatic heterocycles. The Hall–Kier alpha value is -1.01. The number of halogens is 4. The first kappa shape index (κ1) is 13.4. The minimum Gasteiger partial charge on any atom is -0.396 e. The lowest BCUT2D eigenvalue weighted by atomic mass is 10.1. The zero-order valence-electron chi connectivity index (χ0n) is 9.41. The SMILES string of the molecule is OCC1CCN(c2ncc(C(F)(F)F)cc2Cl)C1. The van der Waals surface area contributed by atoms with E-state index in [1.165, 1.54) is 0 Å². The van der Waals surface area contributed by atoms with E-state index in [0.717, 1.165) is 18.7 Å². The number of anilines is 1. The van der Waals surface area contributed by atoms with Crippen molar-refractivity contribution in [2.75, 3.05) is 24.6 Å². The van der Waals surface area contributed by atoms with Crippen molar-refractivity contribution in [2.45, 2.75) is 12.6 Å². The summed E-state index contributed by atoms with van der Waals surface area (Å²) in [6, 6.07) is 0.885. The van der Waals surface area contributed by atoms with Gasteiger partial charge < -0.3 is 10.0 Å². The van der Waals surface area contributed by atoms with Gasteiger partial charge in [-0.15, -0.1) is 0 Å². The van der Waals surface area contributed by atoms with Gasteiger partial charge in [-0.2, -0.15) is 13.2 Å².